The van der Waals surface area contributed by atoms with E-state index in [2.05, 4.69) is 0 Å². The Morgan fingerprint density at radius 1 is 1.47 bits per heavy atom. The second kappa shape index (κ2) is 3.50. The molecule has 0 amide bonds. The lowest BCUT2D eigenvalue weighted by Gasteiger charge is -2.31. The van der Waals surface area contributed by atoms with Crippen molar-refractivity contribution in [2.75, 3.05) is 13.2 Å². The van der Waals surface area contributed by atoms with Crippen molar-refractivity contribution < 1.29 is 17.9 Å². The minimum absolute atomic E-state index is 0.00991. The SMILES string of the molecule is NC[C@@H]1OCC(F)(F)c2cccc(F)c21. The molecule has 0 bridgehead atoms. The highest BCUT2D eigenvalue weighted by Crippen LogP contribution is 2.40. The lowest BCUT2D eigenvalue weighted by molar-refractivity contribution is -0.123. The molecule has 1 aromatic rings. The number of nitrogens with two attached hydrogens (primary N) is 1. The first-order valence-corrected chi connectivity index (χ1v) is 4.54. The molecule has 1 aliphatic rings. The molecule has 15 heavy (non-hydrogen) atoms. The quantitative estimate of drug-likeness (QED) is 0.780. The molecule has 2 N–H and O–H groups in total. The summed E-state index contributed by atoms with van der Waals surface area (Å²) in [6.45, 7) is -0.755. The van der Waals surface area contributed by atoms with Crippen LogP contribution in [0.4, 0.5) is 13.2 Å². The standard InChI is InChI=1S/C10H10F3NO/c11-7-3-1-2-6-9(7)8(4-14)15-5-10(6,12)13/h1-3,8H,4-5,14H2/t8-/m0/s1. The number of fused-ring (bicyclic) bond motifs is 1. The zero-order valence-electron chi connectivity index (χ0n) is 7.84. The molecule has 5 heteroatoms. The summed E-state index contributed by atoms with van der Waals surface area (Å²) in [5, 5.41) is 0. The molecule has 1 heterocycles. The third-order valence-corrected chi connectivity index (χ3v) is 2.45. The summed E-state index contributed by atoms with van der Waals surface area (Å²) in [6, 6.07) is 3.61. The van der Waals surface area contributed by atoms with Crippen LogP contribution in [-0.2, 0) is 10.7 Å². The fourth-order valence-corrected chi connectivity index (χ4v) is 1.74. The van der Waals surface area contributed by atoms with Gasteiger partial charge in [0.05, 0.1) is 6.10 Å². The van der Waals surface area contributed by atoms with Crippen molar-refractivity contribution in [3.05, 3.63) is 35.1 Å². The van der Waals surface area contributed by atoms with Crippen molar-refractivity contribution in [3.8, 4) is 0 Å². The minimum Gasteiger partial charge on any atom is -0.365 e. The van der Waals surface area contributed by atoms with Gasteiger partial charge in [0, 0.05) is 17.7 Å². The van der Waals surface area contributed by atoms with E-state index in [0.717, 1.165) is 6.07 Å². The topological polar surface area (TPSA) is 35.2 Å². The van der Waals surface area contributed by atoms with Gasteiger partial charge in [0.1, 0.15) is 12.4 Å². The van der Waals surface area contributed by atoms with E-state index >= 15 is 0 Å². The molecular formula is C10H10F3NO. The normalized spacial score (nSPS) is 23.6. The molecule has 0 radical (unpaired) electrons. The maximum Gasteiger partial charge on any atom is 0.296 e. The molecule has 82 valence electrons. The molecule has 0 fully saturated rings. The number of ether oxygens (including phenoxy) is 1. The van der Waals surface area contributed by atoms with Crippen LogP contribution in [0.5, 0.6) is 0 Å². The monoisotopic (exact) mass is 217 g/mol. The highest BCUT2D eigenvalue weighted by atomic mass is 19.3. The lowest BCUT2D eigenvalue weighted by atomic mass is 9.94. The predicted molar refractivity (Wildman–Crippen MR) is 48.0 cm³/mol. The summed E-state index contributed by atoms with van der Waals surface area (Å²) in [5.41, 5.74) is 4.91. The molecule has 1 aliphatic heterocycles. The second-order valence-electron chi connectivity index (χ2n) is 3.44. The van der Waals surface area contributed by atoms with Crippen LogP contribution in [0.3, 0.4) is 0 Å². The smallest absolute Gasteiger partial charge is 0.296 e. The molecule has 0 saturated heterocycles. The van der Waals surface area contributed by atoms with E-state index in [1.807, 2.05) is 0 Å². The van der Waals surface area contributed by atoms with Crippen molar-refractivity contribution in [1.82, 2.24) is 0 Å². The third-order valence-electron chi connectivity index (χ3n) is 2.45. The van der Waals surface area contributed by atoms with E-state index in [4.69, 9.17) is 10.5 Å². The van der Waals surface area contributed by atoms with Gasteiger partial charge in [0.15, 0.2) is 0 Å². The van der Waals surface area contributed by atoms with Crippen LogP contribution in [0.1, 0.15) is 17.2 Å². The van der Waals surface area contributed by atoms with Gasteiger partial charge in [-0.2, -0.15) is 8.78 Å². The number of alkyl halides is 2. The van der Waals surface area contributed by atoms with Gasteiger partial charge in [0.2, 0.25) is 0 Å². The van der Waals surface area contributed by atoms with Gasteiger partial charge < -0.3 is 10.5 Å². The van der Waals surface area contributed by atoms with Crippen molar-refractivity contribution >= 4 is 0 Å². The molecule has 0 unspecified atom stereocenters. The summed E-state index contributed by atoms with van der Waals surface area (Å²) in [5.74, 6) is -3.83. The minimum atomic E-state index is -3.14. The zero-order chi connectivity index (χ0) is 11.1. The highest BCUT2D eigenvalue weighted by Gasteiger charge is 2.42. The van der Waals surface area contributed by atoms with E-state index < -0.39 is 24.5 Å². The zero-order valence-corrected chi connectivity index (χ0v) is 7.84. The highest BCUT2D eigenvalue weighted by molar-refractivity contribution is 5.36. The van der Waals surface area contributed by atoms with Gasteiger partial charge in [0.25, 0.3) is 5.92 Å². The largest absolute Gasteiger partial charge is 0.365 e. The Kier molecular flexibility index (Phi) is 2.44. The Hall–Kier alpha value is -1.07. The third kappa shape index (κ3) is 1.61. The Balaban J connectivity index is 2.58. The molecule has 2 rings (SSSR count). The lowest BCUT2D eigenvalue weighted by Crippen LogP contribution is -2.34. The summed E-state index contributed by atoms with van der Waals surface area (Å²) >= 11 is 0. The van der Waals surface area contributed by atoms with Gasteiger partial charge in [-0.05, 0) is 6.07 Å². The number of benzene rings is 1. The summed E-state index contributed by atoms with van der Waals surface area (Å²) in [6.07, 6.45) is -0.777. The number of hydrogen-bond acceptors (Lipinski definition) is 2. The molecule has 0 saturated carbocycles. The first kappa shape index (κ1) is 10.4. The maximum atomic E-state index is 13.4. The number of hydrogen-bond donors (Lipinski definition) is 1. The number of halogens is 3. The maximum absolute atomic E-state index is 13.4. The summed E-state index contributed by atoms with van der Waals surface area (Å²) in [4.78, 5) is 0. The van der Waals surface area contributed by atoms with Gasteiger partial charge in [-0.25, -0.2) is 4.39 Å². The van der Waals surface area contributed by atoms with Gasteiger partial charge in [-0.1, -0.05) is 12.1 Å². The molecule has 2 nitrogen and oxygen atoms in total. The van der Waals surface area contributed by atoms with Crippen LogP contribution >= 0.6 is 0 Å². The van der Waals surface area contributed by atoms with Gasteiger partial charge >= 0.3 is 0 Å². The average Bonchev–Trinajstić information content (AvgIpc) is 2.19. The van der Waals surface area contributed by atoms with Crippen molar-refractivity contribution in [2.45, 2.75) is 12.0 Å². The van der Waals surface area contributed by atoms with Crippen LogP contribution in [0.25, 0.3) is 0 Å². The first-order chi connectivity index (χ1) is 7.06. The van der Waals surface area contributed by atoms with E-state index in [1.54, 1.807) is 0 Å². The summed E-state index contributed by atoms with van der Waals surface area (Å²) in [7, 11) is 0. The molecule has 0 aromatic heterocycles. The predicted octanol–water partition coefficient (Wildman–Crippen LogP) is 1.95. The average molecular weight is 217 g/mol. The van der Waals surface area contributed by atoms with Crippen molar-refractivity contribution in [1.29, 1.82) is 0 Å². The fourth-order valence-electron chi connectivity index (χ4n) is 1.74. The van der Waals surface area contributed by atoms with Crippen LogP contribution in [-0.4, -0.2) is 13.2 Å². The fraction of sp³-hybridized carbons (Fsp3) is 0.400. The molecule has 1 atom stereocenters. The number of rotatable bonds is 1. The Morgan fingerprint density at radius 2 is 2.20 bits per heavy atom. The van der Waals surface area contributed by atoms with Crippen LogP contribution in [0, 0.1) is 5.82 Å². The van der Waals surface area contributed by atoms with Crippen LogP contribution in [0.2, 0.25) is 0 Å². The van der Waals surface area contributed by atoms with Crippen LogP contribution in [0.15, 0.2) is 18.2 Å². The first-order valence-electron chi connectivity index (χ1n) is 4.54. The van der Waals surface area contributed by atoms with Gasteiger partial charge in [-0.3, -0.25) is 0 Å². The van der Waals surface area contributed by atoms with Crippen LogP contribution < -0.4 is 5.73 Å². The Morgan fingerprint density at radius 3 is 2.87 bits per heavy atom. The van der Waals surface area contributed by atoms with E-state index in [-0.39, 0.29) is 17.7 Å². The molecule has 0 aliphatic carbocycles. The van der Waals surface area contributed by atoms with Crippen molar-refractivity contribution in [2.24, 2.45) is 5.73 Å². The summed E-state index contributed by atoms with van der Waals surface area (Å²) < 4.78 is 44.9. The van der Waals surface area contributed by atoms with E-state index in [9.17, 15) is 13.2 Å². The van der Waals surface area contributed by atoms with Crippen molar-refractivity contribution in [3.63, 3.8) is 0 Å². The van der Waals surface area contributed by atoms with E-state index in [0.29, 0.717) is 0 Å². The molecule has 1 aromatic carbocycles. The van der Waals surface area contributed by atoms with E-state index in [1.165, 1.54) is 12.1 Å². The van der Waals surface area contributed by atoms with Gasteiger partial charge in [-0.15, -0.1) is 0 Å². The Bertz CT molecular complexity index is 381. The Labute approximate surface area is 84.8 Å². The second-order valence-corrected chi connectivity index (χ2v) is 3.44. The molecular weight excluding hydrogens is 207 g/mol. The molecule has 0 spiro atoms.